The van der Waals surface area contributed by atoms with Gasteiger partial charge >= 0.3 is 0 Å². The highest BCUT2D eigenvalue weighted by atomic mass is 127. The molecule has 3 N–H and O–H groups in total. The Labute approximate surface area is 168 Å². The summed E-state index contributed by atoms with van der Waals surface area (Å²) in [4.78, 5) is 9.46. The largest absolute Gasteiger partial charge is 0.383 e. The molecule has 5 nitrogen and oxygen atoms in total. The predicted molar refractivity (Wildman–Crippen MR) is 111 cm³/mol. The van der Waals surface area contributed by atoms with Crippen molar-refractivity contribution in [2.45, 2.75) is 26.0 Å². The SMILES string of the molecule is CCNC(=NCc1ccc(Cl)nc1)NCC(C)(O)c1cccs1.I. The molecule has 0 aromatic carbocycles. The molecule has 2 rings (SSSR count). The summed E-state index contributed by atoms with van der Waals surface area (Å²) >= 11 is 7.31. The zero-order chi connectivity index (χ0) is 16.7. The van der Waals surface area contributed by atoms with Gasteiger partial charge in [-0.3, -0.25) is 0 Å². The van der Waals surface area contributed by atoms with Gasteiger partial charge in [0.1, 0.15) is 10.8 Å². The van der Waals surface area contributed by atoms with E-state index in [-0.39, 0.29) is 24.0 Å². The molecule has 0 radical (unpaired) electrons. The lowest BCUT2D eigenvalue weighted by atomic mass is 10.1. The second-order valence-corrected chi connectivity index (χ2v) is 6.62. The molecule has 2 aromatic heterocycles. The summed E-state index contributed by atoms with van der Waals surface area (Å²) in [6.45, 7) is 5.39. The van der Waals surface area contributed by atoms with Gasteiger partial charge in [-0.05, 0) is 36.9 Å². The van der Waals surface area contributed by atoms with Gasteiger partial charge in [-0.25, -0.2) is 9.98 Å². The van der Waals surface area contributed by atoms with E-state index in [9.17, 15) is 5.11 Å². The maximum absolute atomic E-state index is 10.5. The van der Waals surface area contributed by atoms with Crippen LogP contribution in [0.15, 0.2) is 40.8 Å². The van der Waals surface area contributed by atoms with Crippen LogP contribution in [0.2, 0.25) is 5.15 Å². The van der Waals surface area contributed by atoms with E-state index in [2.05, 4.69) is 20.6 Å². The Morgan fingerprint density at radius 3 is 2.75 bits per heavy atom. The van der Waals surface area contributed by atoms with Crippen LogP contribution in [0.25, 0.3) is 0 Å². The van der Waals surface area contributed by atoms with Gasteiger partial charge in [0, 0.05) is 17.6 Å². The standard InChI is InChI=1S/C16H21ClN4OS.HI/c1-3-18-15(20-10-12-6-7-14(17)19-9-12)21-11-16(2,22)13-5-4-8-23-13;/h4-9,22H,3,10-11H2,1-2H3,(H2,18,20,21);1H. The molecule has 0 saturated carbocycles. The summed E-state index contributed by atoms with van der Waals surface area (Å²) in [7, 11) is 0. The van der Waals surface area contributed by atoms with Gasteiger partial charge in [0.2, 0.25) is 0 Å². The minimum Gasteiger partial charge on any atom is -0.383 e. The third-order valence-electron chi connectivity index (χ3n) is 3.20. The molecular formula is C16H22ClIN4OS. The average Bonchev–Trinajstić information content (AvgIpc) is 3.07. The molecule has 0 spiro atoms. The van der Waals surface area contributed by atoms with Crippen LogP contribution >= 0.6 is 46.9 Å². The van der Waals surface area contributed by atoms with Gasteiger partial charge < -0.3 is 15.7 Å². The van der Waals surface area contributed by atoms with E-state index in [1.807, 2.05) is 30.5 Å². The number of hydrogen-bond acceptors (Lipinski definition) is 4. The first-order valence-corrected chi connectivity index (χ1v) is 8.66. The lowest BCUT2D eigenvalue weighted by molar-refractivity contribution is 0.0655. The molecule has 0 saturated heterocycles. The van der Waals surface area contributed by atoms with Gasteiger partial charge in [0.15, 0.2) is 5.96 Å². The van der Waals surface area contributed by atoms with Gasteiger partial charge in [0.25, 0.3) is 0 Å². The zero-order valence-electron chi connectivity index (χ0n) is 13.6. The van der Waals surface area contributed by atoms with E-state index in [0.29, 0.717) is 24.2 Å². The third-order valence-corrected chi connectivity index (χ3v) is 4.55. The minimum atomic E-state index is -0.938. The molecule has 0 amide bonds. The number of pyridine rings is 1. The van der Waals surface area contributed by atoms with Crippen LogP contribution in [0.1, 0.15) is 24.3 Å². The molecule has 8 heteroatoms. The van der Waals surface area contributed by atoms with Crippen LogP contribution in [0.3, 0.4) is 0 Å². The first-order valence-electron chi connectivity index (χ1n) is 7.40. The van der Waals surface area contributed by atoms with E-state index in [0.717, 1.165) is 17.0 Å². The fourth-order valence-electron chi connectivity index (χ4n) is 1.94. The summed E-state index contributed by atoms with van der Waals surface area (Å²) in [5.41, 5.74) is 0.0308. The van der Waals surface area contributed by atoms with E-state index in [1.54, 1.807) is 19.2 Å². The predicted octanol–water partition coefficient (Wildman–Crippen LogP) is 3.38. The number of aliphatic imine (C=N–C) groups is 1. The van der Waals surface area contributed by atoms with Crippen molar-refractivity contribution in [1.82, 2.24) is 15.6 Å². The first-order chi connectivity index (χ1) is 11.0. The Bertz CT molecular complexity index is 632. The molecule has 0 aliphatic rings. The van der Waals surface area contributed by atoms with Crippen molar-refractivity contribution in [1.29, 1.82) is 0 Å². The van der Waals surface area contributed by atoms with Gasteiger partial charge in [-0.15, -0.1) is 35.3 Å². The average molecular weight is 481 g/mol. The Morgan fingerprint density at radius 1 is 1.38 bits per heavy atom. The van der Waals surface area contributed by atoms with Crippen molar-refractivity contribution >= 4 is 52.9 Å². The van der Waals surface area contributed by atoms with Gasteiger partial charge in [-0.1, -0.05) is 23.7 Å². The van der Waals surface area contributed by atoms with E-state index < -0.39 is 5.60 Å². The van der Waals surface area contributed by atoms with Crippen LogP contribution in [-0.4, -0.2) is 29.1 Å². The number of aromatic nitrogens is 1. The Kier molecular flexibility index (Phi) is 8.96. The van der Waals surface area contributed by atoms with Crippen LogP contribution in [-0.2, 0) is 12.1 Å². The highest BCUT2D eigenvalue weighted by Gasteiger charge is 2.24. The molecule has 1 atom stereocenters. The van der Waals surface area contributed by atoms with E-state index in [4.69, 9.17) is 11.6 Å². The highest BCUT2D eigenvalue weighted by molar-refractivity contribution is 14.0. The molecule has 0 aliphatic carbocycles. The Morgan fingerprint density at radius 2 is 2.17 bits per heavy atom. The van der Waals surface area contributed by atoms with Crippen LogP contribution < -0.4 is 10.6 Å². The van der Waals surface area contributed by atoms with Gasteiger partial charge in [-0.2, -0.15) is 0 Å². The van der Waals surface area contributed by atoms with Crippen molar-refractivity contribution in [2.75, 3.05) is 13.1 Å². The number of halogens is 2. The van der Waals surface area contributed by atoms with Crippen molar-refractivity contribution in [3.05, 3.63) is 51.4 Å². The van der Waals surface area contributed by atoms with Crippen molar-refractivity contribution < 1.29 is 5.11 Å². The molecular weight excluding hydrogens is 459 g/mol. The van der Waals surface area contributed by atoms with Crippen LogP contribution in [0, 0.1) is 0 Å². The molecule has 1 unspecified atom stereocenters. The number of hydrogen-bond donors (Lipinski definition) is 3. The molecule has 2 aromatic rings. The number of rotatable bonds is 6. The lowest BCUT2D eigenvalue weighted by Gasteiger charge is -2.23. The van der Waals surface area contributed by atoms with Gasteiger partial charge in [0.05, 0.1) is 13.1 Å². The Balaban J connectivity index is 0.00000288. The second kappa shape index (κ2) is 10.2. The smallest absolute Gasteiger partial charge is 0.191 e. The molecule has 0 bridgehead atoms. The minimum absolute atomic E-state index is 0. The zero-order valence-corrected chi connectivity index (χ0v) is 17.5. The molecule has 132 valence electrons. The van der Waals surface area contributed by atoms with Crippen molar-refractivity contribution in [3.8, 4) is 0 Å². The normalized spacial score (nSPS) is 13.8. The maximum Gasteiger partial charge on any atom is 0.191 e. The number of thiophene rings is 1. The topological polar surface area (TPSA) is 69.5 Å². The quantitative estimate of drug-likeness (QED) is 0.257. The number of nitrogens with zero attached hydrogens (tertiary/aromatic N) is 2. The van der Waals surface area contributed by atoms with E-state index >= 15 is 0 Å². The van der Waals surface area contributed by atoms with Crippen LogP contribution in [0.4, 0.5) is 0 Å². The first kappa shape index (κ1) is 21.1. The van der Waals surface area contributed by atoms with Crippen molar-refractivity contribution in [3.63, 3.8) is 0 Å². The summed E-state index contributed by atoms with van der Waals surface area (Å²) in [5, 5.41) is 19.3. The fourth-order valence-corrected chi connectivity index (χ4v) is 2.84. The fraction of sp³-hybridized carbons (Fsp3) is 0.375. The third kappa shape index (κ3) is 6.54. The number of nitrogens with one attached hydrogen (secondary N) is 2. The summed E-state index contributed by atoms with van der Waals surface area (Å²) < 4.78 is 0. The summed E-state index contributed by atoms with van der Waals surface area (Å²) in [6.07, 6.45) is 1.71. The Hall–Kier alpha value is -0.900. The molecule has 0 fully saturated rings. The highest BCUT2D eigenvalue weighted by Crippen LogP contribution is 2.24. The summed E-state index contributed by atoms with van der Waals surface area (Å²) in [5.74, 6) is 0.652. The summed E-state index contributed by atoms with van der Waals surface area (Å²) in [6, 6.07) is 7.50. The maximum atomic E-state index is 10.5. The lowest BCUT2D eigenvalue weighted by Crippen LogP contribution is -2.44. The van der Waals surface area contributed by atoms with E-state index in [1.165, 1.54) is 11.3 Å². The van der Waals surface area contributed by atoms with Crippen molar-refractivity contribution in [2.24, 2.45) is 4.99 Å². The monoisotopic (exact) mass is 480 g/mol. The second-order valence-electron chi connectivity index (χ2n) is 5.29. The molecule has 0 aliphatic heterocycles. The molecule has 2 heterocycles. The molecule has 24 heavy (non-hydrogen) atoms. The van der Waals surface area contributed by atoms with Crippen LogP contribution in [0.5, 0.6) is 0 Å². The number of guanidine groups is 1. The number of aliphatic hydroxyl groups is 1.